The van der Waals surface area contributed by atoms with Gasteiger partial charge in [-0.15, -0.1) is 6.58 Å². The van der Waals surface area contributed by atoms with Crippen molar-refractivity contribution < 1.29 is 8.42 Å². The van der Waals surface area contributed by atoms with Crippen molar-refractivity contribution in [3.63, 3.8) is 0 Å². The van der Waals surface area contributed by atoms with Gasteiger partial charge in [0.1, 0.15) is 4.90 Å². The first-order chi connectivity index (χ1) is 9.18. The van der Waals surface area contributed by atoms with Crippen LogP contribution in [0.15, 0.2) is 29.8 Å². The van der Waals surface area contributed by atoms with Crippen LogP contribution >= 0.6 is 0 Å². The van der Waals surface area contributed by atoms with E-state index in [0.717, 1.165) is 5.69 Å². The van der Waals surface area contributed by atoms with Crippen LogP contribution in [-0.4, -0.2) is 29.4 Å². The van der Waals surface area contributed by atoms with Gasteiger partial charge < -0.3 is 10.3 Å². The van der Waals surface area contributed by atoms with Gasteiger partial charge in [0.25, 0.3) is 0 Å². The van der Waals surface area contributed by atoms with Crippen molar-refractivity contribution in [2.75, 3.05) is 6.54 Å². The predicted molar refractivity (Wildman–Crippen MR) is 81.8 cm³/mol. The number of hydrogen-bond donors (Lipinski definition) is 1. The number of hydrogen-bond acceptors (Lipinski definition) is 3. The molecule has 0 fully saturated rings. The number of rotatable bonds is 6. The van der Waals surface area contributed by atoms with Gasteiger partial charge in [-0.05, 0) is 33.8 Å². The zero-order chi connectivity index (χ0) is 15.6. The van der Waals surface area contributed by atoms with E-state index in [-0.39, 0.29) is 11.4 Å². The van der Waals surface area contributed by atoms with Crippen molar-refractivity contribution in [3.8, 4) is 0 Å². The van der Waals surface area contributed by atoms with Crippen molar-refractivity contribution in [3.05, 3.63) is 30.6 Å². The van der Waals surface area contributed by atoms with E-state index >= 15 is 0 Å². The smallest absolute Gasteiger partial charge is 0.245 e. The molecule has 114 valence electrons. The first-order valence-electron chi connectivity index (χ1n) is 6.71. The third kappa shape index (κ3) is 3.31. The summed E-state index contributed by atoms with van der Waals surface area (Å²) >= 11 is 0. The van der Waals surface area contributed by atoms with E-state index in [1.807, 2.05) is 32.3 Å². The van der Waals surface area contributed by atoms with E-state index < -0.39 is 15.6 Å². The summed E-state index contributed by atoms with van der Waals surface area (Å²) in [6.07, 6.45) is 3.25. The summed E-state index contributed by atoms with van der Waals surface area (Å²) in [6.45, 7) is 12.5. The molecule has 20 heavy (non-hydrogen) atoms. The maximum Gasteiger partial charge on any atom is 0.245 e. The van der Waals surface area contributed by atoms with E-state index in [0.29, 0.717) is 13.1 Å². The van der Waals surface area contributed by atoms with Crippen LogP contribution in [0.1, 0.15) is 33.4 Å². The second-order valence-electron chi connectivity index (χ2n) is 5.65. The Morgan fingerprint density at radius 3 is 2.40 bits per heavy atom. The highest BCUT2D eigenvalue weighted by Gasteiger charge is 2.33. The van der Waals surface area contributed by atoms with Crippen LogP contribution in [0.25, 0.3) is 0 Å². The summed E-state index contributed by atoms with van der Waals surface area (Å²) in [4.78, 5) is 0.288. The standard InChI is InChI=1S/C14H25N3O2S/c1-6-8-17(14(3,4)5)20(18,19)13-9-12(10-15)16(7-2)11-13/h6,9,11H,1,7-8,10,15H2,2-5H3. The molecule has 0 aliphatic rings. The van der Waals surface area contributed by atoms with Gasteiger partial charge in [0, 0.05) is 37.1 Å². The summed E-state index contributed by atoms with van der Waals surface area (Å²) in [5.41, 5.74) is 5.97. The molecule has 0 saturated carbocycles. The van der Waals surface area contributed by atoms with E-state index in [2.05, 4.69) is 6.58 Å². The number of nitrogens with zero attached hydrogens (tertiary/aromatic N) is 2. The summed E-state index contributed by atoms with van der Waals surface area (Å²) in [7, 11) is -3.56. The highest BCUT2D eigenvalue weighted by atomic mass is 32.2. The molecular weight excluding hydrogens is 274 g/mol. The molecule has 0 radical (unpaired) electrons. The van der Waals surface area contributed by atoms with Crippen molar-refractivity contribution >= 4 is 10.0 Å². The Bertz CT molecular complexity index is 546. The number of sulfonamides is 1. The molecule has 0 atom stereocenters. The normalized spacial score (nSPS) is 12.9. The molecule has 0 bridgehead atoms. The largest absolute Gasteiger partial charge is 0.349 e. The minimum Gasteiger partial charge on any atom is -0.349 e. The lowest BCUT2D eigenvalue weighted by Gasteiger charge is -2.33. The van der Waals surface area contributed by atoms with Crippen LogP contribution in [0.3, 0.4) is 0 Å². The van der Waals surface area contributed by atoms with Crippen molar-refractivity contribution in [1.82, 2.24) is 8.87 Å². The molecule has 6 heteroatoms. The fraction of sp³-hybridized carbons (Fsp3) is 0.571. The van der Waals surface area contributed by atoms with Crippen molar-refractivity contribution in [2.24, 2.45) is 5.73 Å². The van der Waals surface area contributed by atoms with E-state index in [1.165, 1.54) is 4.31 Å². The fourth-order valence-electron chi connectivity index (χ4n) is 2.11. The van der Waals surface area contributed by atoms with Gasteiger partial charge in [0.05, 0.1) is 0 Å². The molecule has 1 aromatic heterocycles. The quantitative estimate of drug-likeness (QED) is 0.816. The van der Waals surface area contributed by atoms with Gasteiger partial charge in [-0.3, -0.25) is 0 Å². The van der Waals surface area contributed by atoms with Crippen LogP contribution in [-0.2, 0) is 23.1 Å². The Labute approximate surface area is 122 Å². The molecule has 0 unspecified atom stereocenters. The topological polar surface area (TPSA) is 68.3 Å². The van der Waals surface area contributed by atoms with Gasteiger partial charge in [-0.1, -0.05) is 6.08 Å². The molecule has 0 aromatic carbocycles. The first kappa shape index (κ1) is 16.9. The number of aromatic nitrogens is 1. The lowest BCUT2D eigenvalue weighted by Crippen LogP contribution is -2.45. The average molecular weight is 299 g/mol. The van der Waals surface area contributed by atoms with Crippen LogP contribution in [0.4, 0.5) is 0 Å². The van der Waals surface area contributed by atoms with Crippen LogP contribution in [0.2, 0.25) is 0 Å². The van der Waals surface area contributed by atoms with Crippen molar-refractivity contribution in [1.29, 1.82) is 0 Å². The molecule has 1 rings (SSSR count). The Morgan fingerprint density at radius 1 is 1.45 bits per heavy atom. The molecule has 0 amide bonds. The highest BCUT2D eigenvalue weighted by Crippen LogP contribution is 2.25. The van der Waals surface area contributed by atoms with Gasteiger partial charge in [-0.25, -0.2) is 8.42 Å². The molecule has 1 heterocycles. The molecule has 0 saturated heterocycles. The summed E-state index contributed by atoms with van der Waals surface area (Å²) in [6, 6.07) is 1.65. The molecule has 5 nitrogen and oxygen atoms in total. The highest BCUT2D eigenvalue weighted by molar-refractivity contribution is 7.89. The zero-order valence-corrected chi connectivity index (χ0v) is 13.6. The van der Waals surface area contributed by atoms with Crippen LogP contribution in [0.5, 0.6) is 0 Å². The van der Waals surface area contributed by atoms with Gasteiger partial charge in [0.15, 0.2) is 0 Å². The van der Waals surface area contributed by atoms with Gasteiger partial charge in [-0.2, -0.15) is 4.31 Å². The van der Waals surface area contributed by atoms with E-state index in [4.69, 9.17) is 5.73 Å². The molecule has 0 aliphatic carbocycles. The minimum absolute atomic E-state index is 0.279. The lowest BCUT2D eigenvalue weighted by molar-refractivity contribution is 0.270. The van der Waals surface area contributed by atoms with Gasteiger partial charge in [0.2, 0.25) is 10.0 Å². The number of aryl methyl sites for hydroxylation is 1. The minimum atomic E-state index is -3.56. The zero-order valence-electron chi connectivity index (χ0n) is 12.8. The summed E-state index contributed by atoms with van der Waals surface area (Å²) in [5.74, 6) is 0. The van der Waals surface area contributed by atoms with Crippen LogP contribution < -0.4 is 5.73 Å². The molecule has 0 aliphatic heterocycles. The molecule has 2 N–H and O–H groups in total. The molecule has 1 aromatic rings. The maximum absolute atomic E-state index is 12.8. The van der Waals surface area contributed by atoms with Crippen LogP contribution in [0, 0.1) is 0 Å². The number of nitrogens with two attached hydrogens (primary N) is 1. The summed E-state index contributed by atoms with van der Waals surface area (Å²) < 4.78 is 28.9. The Kier molecular flexibility index (Phi) is 5.18. The Balaban J connectivity index is 3.33. The third-order valence-electron chi connectivity index (χ3n) is 3.14. The molecular formula is C14H25N3O2S. The SMILES string of the molecule is C=CCN(C(C)(C)C)S(=O)(=O)c1cc(CN)n(CC)c1. The average Bonchev–Trinajstić information content (AvgIpc) is 2.78. The first-order valence-corrected chi connectivity index (χ1v) is 8.15. The van der Waals surface area contributed by atoms with Crippen molar-refractivity contribution in [2.45, 2.75) is 51.2 Å². The second kappa shape index (κ2) is 6.11. The molecule has 0 spiro atoms. The lowest BCUT2D eigenvalue weighted by atomic mass is 10.1. The Hall–Kier alpha value is -1.11. The summed E-state index contributed by atoms with van der Waals surface area (Å²) in [5, 5.41) is 0. The third-order valence-corrected chi connectivity index (χ3v) is 5.24. The van der Waals surface area contributed by atoms with E-state index in [1.54, 1.807) is 18.3 Å². The maximum atomic E-state index is 12.8. The Morgan fingerprint density at radius 2 is 2.05 bits per heavy atom. The van der Waals surface area contributed by atoms with E-state index in [9.17, 15) is 8.42 Å². The second-order valence-corrected chi connectivity index (χ2v) is 7.52. The monoisotopic (exact) mass is 299 g/mol. The van der Waals surface area contributed by atoms with Gasteiger partial charge >= 0.3 is 0 Å². The predicted octanol–water partition coefficient (Wildman–Crippen LogP) is 1.94. The fourth-order valence-corrected chi connectivity index (χ4v) is 3.93.